The summed E-state index contributed by atoms with van der Waals surface area (Å²) in [6, 6.07) is 8.29. The third kappa shape index (κ3) is 3.19. The molecular formula is C14H9Cl2N3O2S. The Hall–Kier alpha value is -1.76. The Kier molecular flexibility index (Phi) is 4.24. The summed E-state index contributed by atoms with van der Waals surface area (Å²) in [7, 11) is 0. The molecular weight excluding hydrogens is 345 g/mol. The van der Waals surface area contributed by atoms with Crippen LogP contribution in [0.5, 0.6) is 0 Å². The molecule has 1 aliphatic heterocycles. The van der Waals surface area contributed by atoms with E-state index in [1.807, 2.05) is 6.07 Å². The molecule has 22 heavy (non-hydrogen) atoms. The van der Waals surface area contributed by atoms with Crippen molar-refractivity contribution in [2.45, 2.75) is 4.90 Å². The lowest BCUT2D eigenvalue weighted by atomic mass is 10.2. The highest BCUT2D eigenvalue weighted by Crippen LogP contribution is 2.33. The Labute approximate surface area is 140 Å². The molecule has 2 amide bonds. The zero-order valence-electron chi connectivity index (χ0n) is 11.0. The van der Waals surface area contributed by atoms with E-state index in [1.54, 1.807) is 12.1 Å². The smallest absolute Gasteiger partial charge is 0.275 e. The number of halogens is 2. The number of nitrogens with one attached hydrogen (secondary N) is 2. The number of rotatable bonds is 2. The van der Waals surface area contributed by atoms with Crippen LogP contribution in [0, 0.1) is 0 Å². The van der Waals surface area contributed by atoms with Gasteiger partial charge in [-0.05, 0) is 30.3 Å². The van der Waals surface area contributed by atoms with Crippen molar-refractivity contribution in [2.75, 3.05) is 16.4 Å². The van der Waals surface area contributed by atoms with Gasteiger partial charge in [0.2, 0.25) is 5.91 Å². The normalized spacial score (nSPS) is 13.3. The minimum atomic E-state index is -0.470. The molecule has 0 spiro atoms. The van der Waals surface area contributed by atoms with Crippen LogP contribution in [-0.2, 0) is 4.79 Å². The maximum atomic E-state index is 12.2. The highest BCUT2D eigenvalue weighted by molar-refractivity contribution is 8.00. The number of hydrogen-bond donors (Lipinski definition) is 2. The zero-order valence-corrected chi connectivity index (χ0v) is 13.4. The lowest BCUT2D eigenvalue weighted by Crippen LogP contribution is -2.19. The average Bonchev–Trinajstić information content (AvgIpc) is 2.49. The van der Waals surface area contributed by atoms with Crippen molar-refractivity contribution in [2.24, 2.45) is 0 Å². The quantitative estimate of drug-likeness (QED) is 0.807. The predicted octanol–water partition coefficient (Wildman–Crippen LogP) is 3.68. The van der Waals surface area contributed by atoms with Gasteiger partial charge in [0, 0.05) is 10.6 Å². The monoisotopic (exact) mass is 353 g/mol. The Morgan fingerprint density at radius 1 is 1.27 bits per heavy atom. The third-order valence-electron chi connectivity index (χ3n) is 2.90. The number of anilines is 2. The van der Waals surface area contributed by atoms with E-state index in [9.17, 15) is 9.59 Å². The molecule has 1 aliphatic rings. The first kappa shape index (κ1) is 15.1. The highest BCUT2D eigenvalue weighted by Gasteiger charge is 2.17. The van der Waals surface area contributed by atoms with Gasteiger partial charge in [-0.3, -0.25) is 9.59 Å². The van der Waals surface area contributed by atoms with Crippen molar-refractivity contribution in [3.63, 3.8) is 0 Å². The summed E-state index contributed by atoms with van der Waals surface area (Å²) >= 11 is 13.2. The molecule has 0 fully saturated rings. The highest BCUT2D eigenvalue weighted by atomic mass is 35.5. The van der Waals surface area contributed by atoms with Gasteiger partial charge in [0.25, 0.3) is 5.91 Å². The van der Waals surface area contributed by atoms with Crippen molar-refractivity contribution >= 4 is 58.2 Å². The van der Waals surface area contributed by atoms with Gasteiger partial charge in [0.1, 0.15) is 10.8 Å². The summed E-state index contributed by atoms with van der Waals surface area (Å²) in [5, 5.41) is 5.84. The Morgan fingerprint density at radius 2 is 2.09 bits per heavy atom. The van der Waals surface area contributed by atoms with Crippen LogP contribution < -0.4 is 10.6 Å². The van der Waals surface area contributed by atoms with E-state index in [4.69, 9.17) is 23.2 Å². The fraction of sp³-hybridized carbons (Fsp3) is 0.0714. The van der Waals surface area contributed by atoms with Gasteiger partial charge in [-0.2, -0.15) is 0 Å². The zero-order chi connectivity index (χ0) is 15.7. The van der Waals surface area contributed by atoms with Gasteiger partial charge in [0.05, 0.1) is 16.5 Å². The first-order valence-electron chi connectivity index (χ1n) is 6.23. The SMILES string of the molecule is O=C1CSc2ccc(NC(=O)c3nc(Cl)ccc3Cl)cc2N1. The molecule has 0 saturated carbocycles. The molecule has 0 bridgehead atoms. The van der Waals surface area contributed by atoms with E-state index in [-0.39, 0.29) is 21.8 Å². The van der Waals surface area contributed by atoms with Crippen molar-refractivity contribution < 1.29 is 9.59 Å². The van der Waals surface area contributed by atoms with Gasteiger partial charge in [-0.15, -0.1) is 11.8 Å². The standard InChI is InChI=1S/C14H9Cl2N3O2S/c15-8-2-4-11(16)19-13(8)14(21)17-7-1-3-10-9(5-7)18-12(20)6-22-10/h1-5H,6H2,(H,17,21)(H,18,20). The molecule has 2 N–H and O–H groups in total. The summed E-state index contributed by atoms with van der Waals surface area (Å²) in [4.78, 5) is 28.5. The summed E-state index contributed by atoms with van der Waals surface area (Å²) in [5.74, 6) is -0.149. The molecule has 1 aromatic heterocycles. The lowest BCUT2D eigenvalue weighted by molar-refractivity contribution is -0.113. The maximum absolute atomic E-state index is 12.2. The van der Waals surface area contributed by atoms with Crippen LogP contribution in [0.15, 0.2) is 35.2 Å². The maximum Gasteiger partial charge on any atom is 0.275 e. The summed E-state index contributed by atoms with van der Waals surface area (Å²) < 4.78 is 0. The first-order chi connectivity index (χ1) is 10.5. The topological polar surface area (TPSA) is 71.1 Å². The summed E-state index contributed by atoms with van der Waals surface area (Å²) in [5.41, 5.74) is 1.25. The van der Waals surface area contributed by atoms with Crippen LogP contribution in [0.3, 0.4) is 0 Å². The first-order valence-corrected chi connectivity index (χ1v) is 7.97. The molecule has 2 aromatic rings. The average molecular weight is 354 g/mol. The molecule has 0 aliphatic carbocycles. The molecule has 0 atom stereocenters. The van der Waals surface area contributed by atoms with E-state index in [0.717, 1.165) is 4.90 Å². The van der Waals surface area contributed by atoms with Gasteiger partial charge in [0.15, 0.2) is 0 Å². The molecule has 3 rings (SSSR count). The van der Waals surface area contributed by atoms with Crippen LogP contribution in [0.4, 0.5) is 11.4 Å². The molecule has 0 radical (unpaired) electrons. The second-order valence-electron chi connectivity index (χ2n) is 4.47. The van der Waals surface area contributed by atoms with Gasteiger partial charge in [-0.25, -0.2) is 4.98 Å². The molecule has 5 nitrogen and oxygen atoms in total. The second kappa shape index (κ2) is 6.16. The number of carbonyl (C=O) groups is 2. The summed E-state index contributed by atoms with van der Waals surface area (Å²) in [6.45, 7) is 0. The van der Waals surface area contributed by atoms with Gasteiger partial charge >= 0.3 is 0 Å². The van der Waals surface area contributed by atoms with Crippen LogP contribution in [0.2, 0.25) is 10.2 Å². The number of pyridine rings is 1. The third-order valence-corrected chi connectivity index (χ3v) is 4.49. The van der Waals surface area contributed by atoms with Crippen LogP contribution in [-0.4, -0.2) is 22.6 Å². The number of carbonyl (C=O) groups excluding carboxylic acids is 2. The molecule has 0 unspecified atom stereocenters. The van der Waals surface area contributed by atoms with E-state index in [1.165, 1.54) is 23.9 Å². The van der Waals surface area contributed by atoms with Crippen molar-refractivity contribution in [1.29, 1.82) is 0 Å². The van der Waals surface area contributed by atoms with E-state index >= 15 is 0 Å². The molecule has 0 saturated heterocycles. The largest absolute Gasteiger partial charge is 0.324 e. The second-order valence-corrected chi connectivity index (χ2v) is 6.28. The van der Waals surface area contributed by atoms with Gasteiger partial charge < -0.3 is 10.6 Å². The van der Waals surface area contributed by atoms with Crippen molar-refractivity contribution in [3.8, 4) is 0 Å². The predicted molar refractivity (Wildman–Crippen MR) is 88.0 cm³/mol. The van der Waals surface area contributed by atoms with Gasteiger partial charge in [-0.1, -0.05) is 23.2 Å². The van der Waals surface area contributed by atoms with Crippen molar-refractivity contribution in [3.05, 3.63) is 46.2 Å². The van der Waals surface area contributed by atoms with E-state index < -0.39 is 5.91 Å². The van der Waals surface area contributed by atoms with Crippen LogP contribution in [0.1, 0.15) is 10.5 Å². The van der Waals surface area contributed by atoms with Crippen LogP contribution in [0.25, 0.3) is 0 Å². The molecule has 8 heteroatoms. The van der Waals surface area contributed by atoms with Crippen molar-refractivity contribution in [1.82, 2.24) is 4.98 Å². The minimum Gasteiger partial charge on any atom is -0.324 e. The lowest BCUT2D eigenvalue weighted by Gasteiger charge is -2.17. The number of nitrogens with zero attached hydrogens (tertiary/aromatic N) is 1. The number of amides is 2. The van der Waals surface area contributed by atoms with E-state index in [2.05, 4.69) is 15.6 Å². The minimum absolute atomic E-state index is 0.0466. The van der Waals surface area contributed by atoms with Crippen LogP contribution >= 0.6 is 35.0 Å². The fourth-order valence-electron chi connectivity index (χ4n) is 1.93. The molecule has 2 heterocycles. The Bertz CT molecular complexity index is 783. The molecule has 112 valence electrons. The number of thioether (sulfide) groups is 1. The van der Waals surface area contributed by atoms with E-state index in [0.29, 0.717) is 17.1 Å². The fourth-order valence-corrected chi connectivity index (χ4v) is 3.06. The number of aromatic nitrogens is 1. The summed E-state index contributed by atoms with van der Waals surface area (Å²) in [6.07, 6.45) is 0. The Morgan fingerprint density at radius 3 is 2.91 bits per heavy atom. The number of benzene rings is 1. The molecule has 1 aromatic carbocycles. The number of hydrogen-bond acceptors (Lipinski definition) is 4. The Balaban J connectivity index is 1.84. The number of fused-ring (bicyclic) bond motifs is 1.